The number of fused-ring (bicyclic) bond motifs is 4. The highest BCUT2D eigenvalue weighted by Crippen LogP contribution is 2.47. The molecule has 8 rings (SSSR count). The molecule has 0 saturated carbocycles. The Kier molecular flexibility index (Phi) is 5.47. The Balaban J connectivity index is 1.60. The minimum Gasteiger partial charge on any atom is -0.0622 e. The summed E-state index contributed by atoms with van der Waals surface area (Å²) >= 11 is 0. The van der Waals surface area contributed by atoms with Gasteiger partial charge < -0.3 is 0 Å². The van der Waals surface area contributed by atoms with Gasteiger partial charge in [-0.3, -0.25) is 0 Å². The SMILES string of the molecule is Cc1ccc(-c2c3ccccc3c(-c3cc4ccccc4cc3-c3ccccc3)c3cc4ccccc4cc23)cc1. The van der Waals surface area contributed by atoms with Gasteiger partial charge >= 0.3 is 0 Å². The van der Waals surface area contributed by atoms with E-state index in [1.165, 1.54) is 82.0 Å². The Morgan fingerprint density at radius 2 is 0.780 bits per heavy atom. The molecule has 8 aromatic rings. The zero-order valence-electron chi connectivity index (χ0n) is 22.9. The van der Waals surface area contributed by atoms with Gasteiger partial charge in [0.2, 0.25) is 0 Å². The Labute approximate surface area is 240 Å². The number of hydrogen-bond acceptors (Lipinski definition) is 0. The molecular formula is C41H28. The monoisotopic (exact) mass is 520 g/mol. The van der Waals surface area contributed by atoms with Crippen molar-refractivity contribution in [2.75, 3.05) is 0 Å². The van der Waals surface area contributed by atoms with Crippen LogP contribution in [-0.4, -0.2) is 0 Å². The van der Waals surface area contributed by atoms with Gasteiger partial charge in [0.15, 0.2) is 0 Å². The van der Waals surface area contributed by atoms with E-state index in [0.717, 1.165) is 0 Å². The summed E-state index contributed by atoms with van der Waals surface area (Å²) in [6.07, 6.45) is 0. The van der Waals surface area contributed by atoms with Crippen molar-refractivity contribution in [2.45, 2.75) is 6.92 Å². The van der Waals surface area contributed by atoms with Crippen LogP contribution in [0.2, 0.25) is 0 Å². The van der Waals surface area contributed by atoms with E-state index < -0.39 is 0 Å². The van der Waals surface area contributed by atoms with Crippen LogP contribution in [0.15, 0.2) is 152 Å². The van der Waals surface area contributed by atoms with Gasteiger partial charge in [-0.2, -0.15) is 0 Å². The first-order chi connectivity index (χ1) is 20.2. The maximum absolute atomic E-state index is 2.41. The van der Waals surface area contributed by atoms with E-state index in [1.807, 2.05) is 0 Å². The molecule has 0 aliphatic heterocycles. The largest absolute Gasteiger partial charge is 0.0622 e. The van der Waals surface area contributed by atoms with Gasteiger partial charge in [0, 0.05) is 0 Å². The van der Waals surface area contributed by atoms with Gasteiger partial charge in [-0.25, -0.2) is 0 Å². The van der Waals surface area contributed by atoms with Crippen molar-refractivity contribution in [1.82, 2.24) is 0 Å². The molecule has 0 N–H and O–H groups in total. The molecule has 192 valence electrons. The van der Waals surface area contributed by atoms with E-state index >= 15 is 0 Å². The van der Waals surface area contributed by atoms with Crippen molar-refractivity contribution in [1.29, 1.82) is 0 Å². The number of aryl methyl sites for hydroxylation is 1. The average molecular weight is 521 g/mol. The van der Waals surface area contributed by atoms with Crippen molar-refractivity contribution in [2.24, 2.45) is 0 Å². The van der Waals surface area contributed by atoms with Gasteiger partial charge in [-0.1, -0.05) is 133 Å². The lowest BCUT2D eigenvalue weighted by Crippen LogP contribution is -1.94. The smallest absolute Gasteiger partial charge is 0.00197 e. The Morgan fingerprint density at radius 3 is 1.39 bits per heavy atom. The summed E-state index contributed by atoms with van der Waals surface area (Å²) in [5, 5.41) is 10.1. The highest BCUT2D eigenvalue weighted by Gasteiger charge is 2.20. The van der Waals surface area contributed by atoms with Gasteiger partial charge in [0.25, 0.3) is 0 Å². The summed E-state index contributed by atoms with van der Waals surface area (Å²) in [6.45, 7) is 2.15. The zero-order chi connectivity index (χ0) is 27.3. The first-order valence-corrected chi connectivity index (χ1v) is 14.3. The molecule has 0 atom stereocenters. The standard InChI is InChI=1S/C41H28/c1-27-19-21-29(22-20-27)40-34-17-9-10-18-35(34)41(39-26-33-16-8-7-15-32(33)25-38(39)40)37-24-31-14-6-5-13-30(31)23-36(37)28-11-3-2-4-12-28/h2-26H,1H3. The summed E-state index contributed by atoms with van der Waals surface area (Å²) in [4.78, 5) is 0. The van der Waals surface area contributed by atoms with Crippen molar-refractivity contribution in [3.63, 3.8) is 0 Å². The molecular weight excluding hydrogens is 492 g/mol. The van der Waals surface area contributed by atoms with E-state index in [0.29, 0.717) is 0 Å². The van der Waals surface area contributed by atoms with Crippen LogP contribution >= 0.6 is 0 Å². The minimum atomic E-state index is 1.23. The van der Waals surface area contributed by atoms with Gasteiger partial charge in [0.1, 0.15) is 0 Å². The molecule has 0 aliphatic carbocycles. The molecule has 0 bridgehead atoms. The fraction of sp³-hybridized carbons (Fsp3) is 0.0244. The van der Waals surface area contributed by atoms with Crippen LogP contribution in [0.3, 0.4) is 0 Å². The molecule has 0 heterocycles. The molecule has 0 radical (unpaired) electrons. The Hall–Kier alpha value is -5.20. The maximum Gasteiger partial charge on any atom is -0.00197 e. The molecule has 0 unspecified atom stereocenters. The van der Waals surface area contributed by atoms with Crippen LogP contribution in [0.1, 0.15) is 5.56 Å². The Morgan fingerprint density at radius 1 is 0.317 bits per heavy atom. The lowest BCUT2D eigenvalue weighted by atomic mass is 9.82. The number of rotatable bonds is 3. The number of benzene rings is 8. The Bertz CT molecular complexity index is 2240. The highest BCUT2D eigenvalue weighted by atomic mass is 14.2. The molecule has 41 heavy (non-hydrogen) atoms. The van der Waals surface area contributed by atoms with Gasteiger partial charge in [-0.05, 0) is 108 Å². The third kappa shape index (κ3) is 3.91. The van der Waals surface area contributed by atoms with Gasteiger partial charge in [0.05, 0.1) is 0 Å². The molecule has 0 aliphatic rings. The van der Waals surface area contributed by atoms with E-state index in [9.17, 15) is 0 Å². The fourth-order valence-corrected chi connectivity index (χ4v) is 6.49. The molecule has 0 spiro atoms. The van der Waals surface area contributed by atoms with E-state index in [-0.39, 0.29) is 0 Å². The molecule has 0 fully saturated rings. The van der Waals surface area contributed by atoms with Crippen molar-refractivity contribution in [3.05, 3.63) is 157 Å². The molecule has 0 amide bonds. The molecule has 0 saturated heterocycles. The summed E-state index contributed by atoms with van der Waals surface area (Å²) in [7, 11) is 0. The molecule has 0 nitrogen and oxygen atoms in total. The second-order valence-corrected chi connectivity index (χ2v) is 11.0. The molecule has 8 aromatic carbocycles. The number of hydrogen-bond donors (Lipinski definition) is 0. The van der Waals surface area contributed by atoms with Crippen LogP contribution < -0.4 is 0 Å². The molecule has 0 aromatic heterocycles. The third-order valence-electron chi connectivity index (χ3n) is 8.47. The van der Waals surface area contributed by atoms with Gasteiger partial charge in [-0.15, -0.1) is 0 Å². The minimum absolute atomic E-state index is 1.23. The lowest BCUT2D eigenvalue weighted by Gasteiger charge is -2.21. The van der Waals surface area contributed by atoms with Crippen LogP contribution in [-0.2, 0) is 0 Å². The topological polar surface area (TPSA) is 0 Å². The predicted molar refractivity (Wildman–Crippen MR) is 178 cm³/mol. The second kappa shape index (κ2) is 9.47. The van der Waals surface area contributed by atoms with Crippen LogP contribution in [0, 0.1) is 6.92 Å². The van der Waals surface area contributed by atoms with Crippen molar-refractivity contribution < 1.29 is 0 Å². The third-order valence-corrected chi connectivity index (χ3v) is 8.47. The maximum atomic E-state index is 2.41. The fourth-order valence-electron chi connectivity index (χ4n) is 6.49. The summed E-state index contributed by atoms with van der Waals surface area (Å²) < 4.78 is 0. The lowest BCUT2D eigenvalue weighted by molar-refractivity contribution is 1.48. The van der Waals surface area contributed by atoms with Crippen LogP contribution in [0.4, 0.5) is 0 Å². The highest BCUT2D eigenvalue weighted by molar-refractivity contribution is 6.25. The van der Waals surface area contributed by atoms with E-state index in [4.69, 9.17) is 0 Å². The predicted octanol–water partition coefficient (Wildman–Crippen LogP) is 11.6. The van der Waals surface area contributed by atoms with Crippen molar-refractivity contribution in [3.8, 4) is 33.4 Å². The first kappa shape index (κ1) is 23.7. The molecule has 0 heteroatoms. The first-order valence-electron chi connectivity index (χ1n) is 14.3. The quantitative estimate of drug-likeness (QED) is 0.203. The second-order valence-electron chi connectivity index (χ2n) is 11.0. The zero-order valence-corrected chi connectivity index (χ0v) is 22.9. The summed E-state index contributed by atoms with van der Waals surface area (Å²) in [5.74, 6) is 0. The summed E-state index contributed by atoms with van der Waals surface area (Å²) in [5.41, 5.74) is 8.87. The summed E-state index contributed by atoms with van der Waals surface area (Å²) in [6, 6.07) is 55.8. The van der Waals surface area contributed by atoms with Crippen molar-refractivity contribution >= 4 is 43.1 Å². The van der Waals surface area contributed by atoms with E-state index in [1.54, 1.807) is 0 Å². The van der Waals surface area contributed by atoms with Crippen LogP contribution in [0.5, 0.6) is 0 Å². The normalized spacial score (nSPS) is 11.5. The average Bonchev–Trinajstić information content (AvgIpc) is 3.03. The van der Waals surface area contributed by atoms with Crippen LogP contribution in [0.25, 0.3) is 76.5 Å². The van der Waals surface area contributed by atoms with E-state index in [2.05, 4.69) is 159 Å².